The zero-order valence-electron chi connectivity index (χ0n) is 10.7. The summed E-state index contributed by atoms with van der Waals surface area (Å²) in [6.07, 6.45) is 1.30. The number of halogens is 1. The highest BCUT2D eigenvalue weighted by molar-refractivity contribution is 5.94. The highest BCUT2D eigenvalue weighted by Gasteiger charge is 2.15. The lowest BCUT2D eigenvalue weighted by atomic mass is 10.2. The molecule has 0 bridgehead atoms. The Balaban J connectivity index is 2.16. The molecule has 1 aromatic carbocycles. The second-order valence-electron chi connectivity index (χ2n) is 4.17. The molecule has 0 spiro atoms. The molecule has 2 rings (SSSR count). The summed E-state index contributed by atoms with van der Waals surface area (Å²) in [6, 6.07) is 12.4. The van der Waals surface area contributed by atoms with Gasteiger partial charge in [0.25, 0.3) is 5.91 Å². The number of rotatable bonds is 4. The highest BCUT2D eigenvalue weighted by Crippen LogP contribution is 2.10. The fraction of sp³-hybridized carbons (Fsp3) is 0.200. The monoisotopic (exact) mass is 258 g/mol. The average molecular weight is 258 g/mol. The minimum absolute atomic E-state index is 0.187. The molecule has 0 saturated heterocycles. The lowest BCUT2D eigenvalue weighted by Gasteiger charge is -2.21. The summed E-state index contributed by atoms with van der Waals surface area (Å²) in [6.45, 7) is 2.98. The number of amides is 1. The Hall–Kier alpha value is -2.23. The first-order valence-electron chi connectivity index (χ1n) is 6.15. The molecule has 0 atom stereocenters. The van der Waals surface area contributed by atoms with Crippen LogP contribution in [0.3, 0.4) is 0 Å². The van der Waals surface area contributed by atoms with Gasteiger partial charge in [-0.3, -0.25) is 4.79 Å². The molecule has 0 aliphatic carbocycles. The Morgan fingerprint density at radius 2 is 2.00 bits per heavy atom. The van der Waals surface area contributed by atoms with Gasteiger partial charge in [0.1, 0.15) is 0 Å². The molecule has 1 aromatic heterocycles. The first-order chi connectivity index (χ1) is 9.20. The van der Waals surface area contributed by atoms with Gasteiger partial charge in [-0.2, -0.15) is 4.39 Å². The van der Waals surface area contributed by atoms with E-state index in [1.807, 2.05) is 37.3 Å². The molecule has 1 heterocycles. The number of aromatic nitrogens is 1. The van der Waals surface area contributed by atoms with Gasteiger partial charge in [0, 0.05) is 30.9 Å². The summed E-state index contributed by atoms with van der Waals surface area (Å²) in [5, 5.41) is 0. The Bertz CT molecular complexity index is 557. The summed E-state index contributed by atoms with van der Waals surface area (Å²) in [4.78, 5) is 17.4. The van der Waals surface area contributed by atoms with Crippen molar-refractivity contribution in [2.75, 3.05) is 6.54 Å². The molecule has 0 radical (unpaired) electrons. The number of hydrogen-bond donors (Lipinski definition) is 0. The number of carbonyl (C=O) groups excluding carboxylic acids is 1. The van der Waals surface area contributed by atoms with Crippen molar-refractivity contribution in [1.29, 1.82) is 0 Å². The maximum absolute atomic E-state index is 13.0. The van der Waals surface area contributed by atoms with Crippen LogP contribution in [0.25, 0.3) is 0 Å². The molecule has 2 aromatic rings. The van der Waals surface area contributed by atoms with Gasteiger partial charge in [0.05, 0.1) is 0 Å². The summed E-state index contributed by atoms with van der Waals surface area (Å²) in [7, 11) is 0. The third-order valence-electron chi connectivity index (χ3n) is 2.86. The first-order valence-corrected chi connectivity index (χ1v) is 6.15. The van der Waals surface area contributed by atoms with Crippen molar-refractivity contribution in [3.63, 3.8) is 0 Å². The van der Waals surface area contributed by atoms with Crippen molar-refractivity contribution >= 4 is 5.91 Å². The minimum atomic E-state index is -0.637. The van der Waals surface area contributed by atoms with E-state index in [1.54, 1.807) is 4.90 Å². The fourth-order valence-corrected chi connectivity index (χ4v) is 1.85. The molecule has 0 aliphatic heterocycles. The third-order valence-corrected chi connectivity index (χ3v) is 2.86. The molecular formula is C15H15FN2O. The van der Waals surface area contributed by atoms with Crippen LogP contribution >= 0.6 is 0 Å². The van der Waals surface area contributed by atoms with Crippen LogP contribution in [0.1, 0.15) is 22.8 Å². The van der Waals surface area contributed by atoms with E-state index in [2.05, 4.69) is 4.98 Å². The molecule has 0 fully saturated rings. The largest absolute Gasteiger partial charge is 0.335 e. The lowest BCUT2D eigenvalue weighted by Crippen LogP contribution is -2.30. The van der Waals surface area contributed by atoms with Gasteiger partial charge in [0.2, 0.25) is 5.95 Å². The van der Waals surface area contributed by atoms with E-state index in [-0.39, 0.29) is 5.91 Å². The van der Waals surface area contributed by atoms with Gasteiger partial charge in [-0.1, -0.05) is 30.3 Å². The summed E-state index contributed by atoms with van der Waals surface area (Å²) in [5.41, 5.74) is 1.37. The van der Waals surface area contributed by atoms with Crippen LogP contribution in [0.2, 0.25) is 0 Å². The molecule has 0 unspecified atom stereocenters. The van der Waals surface area contributed by atoms with Crippen LogP contribution < -0.4 is 0 Å². The molecular weight excluding hydrogens is 243 g/mol. The van der Waals surface area contributed by atoms with Crippen LogP contribution in [0.4, 0.5) is 4.39 Å². The number of hydrogen-bond acceptors (Lipinski definition) is 2. The molecule has 0 aliphatic rings. The van der Waals surface area contributed by atoms with Gasteiger partial charge in [0.15, 0.2) is 0 Å². The van der Waals surface area contributed by atoms with Gasteiger partial charge in [-0.25, -0.2) is 4.98 Å². The Kier molecular flexibility index (Phi) is 4.23. The van der Waals surface area contributed by atoms with E-state index in [0.29, 0.717) is 18.7 Å². The van der Waals surface area contributed by atoms with E-state index in [4.69, 9.17) is 0 Å². The second kappa shape index (κ2) is 6.09. The Morgan fingerprint density at radius 1 is 1.26 bits per heavy atom. The van der Waals surface area contributed by atoms with Crippen LogP contribution in [-0.2, 0) is 6.54 Å². The summed E-state index contributed by atoms with van der Waals surface area (Å²) in [5.74, 6) is -0.825. The second-order valence-corrected chi connectivity index (χ2v) is 4.17. The van der Waals surface area contributed by atoms with Crippen LogP contribution in [0.15, 0.2) is 48.7 Å². The third kappa shape index (κ3) is 3.37. The average Bonchev–Trinajstić information content (AvgIpc) is 2.45. The molecule has 4 heteroatoms. The first kappa shape index (κ1) is 13.2. The number of nitrogens with zero attached hydrogens (tertiary/aromatic N) is 2. The zero-order chi connectivity index (χ0) is 13.7. The minimum Gasteiger partial charge on any atom is -0.335 e. The molecule has 0 saturated carbocycles. The molecule has 1 amide bonds. The molecule has 98 valence electrons. The van der Waals surface area contributed by atoms with Gasteiger partial charge in [-0.15, -0.1) is 0 Å². The van der Waals surface area contributed by atoms with E-state index >= 15 is 0 Å². The predicted molar refractivity (Wildman–Crippen MR) is 71.1 cm³/mol. The SMILES string of the molecule is CCN(Cc1ccccc1)C(=O)c1ccnc(F)c1. The van der Waals surface area contributed by atoms with E-state index in [1.165, 1.54) is 12.3 Å². The standard InChI is InChI=1S/C15H15FN2O/c1-2-18(11-12-6-4-3-5-7-12)15(19)13-8-9-17-14(16)10-13/h3-10H,2,11H2,1H3. The normalized spacial score (nSPS) is 10.2. The molecule has 3 nitrogen and oxygen atoms in total. The maximum Gasteiger partial charge on any atom is 0.254 e. The smallest absolute Gasteiger partial charge is 0.254 e. The Labute approximate surface area is 111 Å². The van der Waals surface area contributed by atoms with Gasteiger partial charge in [-0.05, 0) is 18.6 Å². The number of pyridine rings is 1. The van der Waals surface area contributed by atoms with Crippen molar-refractivity contribution < 1.29 is 9.18 Å². The zero-order valence-corrected chi connectivity index (χ0v) is 10.7. The van der Waals surface area contributed by atoms with Crippen LogP contribution in [0, 0.1) is 5.95 Å². The van der Waals surface area contributed by atoms with Gasteiger partial charge < -0.3 is 4.90 Å². The predicted octanol–water partition coefficient (Wildman–Crippen LogP) is 2.88. The van der Waals surface area contributed by atoms with E-state index in [0.717, 1.165) is 11.6 Å². The topological polar surface area (TPSA) is 33.2 Å². The number of benzene rings is 1. The van der Waals surface area contributed by atoms with E-state index < -0.39 is 5.95 Å². The fourth-order valence-electron chi connectivity index (χ4n) is 1.85. The van der Waals surface area contributed by atoms with Crippen molar-refractivity contribution in [3.8, 4) is 0 Å². The van der Waals surface area contributed by atoms with E-state index in [9.17, 15) is 9.18 Å². The summed E-state index contributed by atoms with van der Waals surface area (Å²) < 4.78 is 13.0. The number of carbonyl (C=O) groups is 1. The summed E-state index contributed by atoms with van der Waals surface area (Å²) >= 11 is 0. The van der Waals surface area contributed by atoms with Crippen molar-refractivity contribution in [2.24, 2.45) is 0 Å². The lowest BCUT2D eigenvalue weighted by molar-refractivity contribution is 0.0752. The maximum atomic E-state index is 13.0. The van der Waals surface area contributed by atoms with Crippen molar-refractivity contribution in [1.82, 2.24) is 9.88 Å². The van der Waals surface area contributed by atoms with Crippen molar-refractivity contribution in [2.45, 2.75) is 13.5 Å². The van der Waals surface area contributed by atoms with Crippen molar-refractivity contribution in [3.05, 3.63) is 65.7 Å². The Morgan fingerprint density at radius 3 is 2.63 bits per heavy atom. The quantitative estimate of drug-likeness (QED) is 0.790. The highest BCUT2D eigenvalue weighted by atomic mass is 19.1. The van der Waals surface area contributed by atoms with Crippen LogP contribution in [-0.4, -0.2) is 22.3 Å². The molecule has 0 N–H and O–H groups in total. The van der Waals surface area contributed by atoms with Crippen LogP contribution in [0.5, 0.6) is 0 Å². The van der Waals surface area contributed by atoms with Gasteiger partial charge >= 0.3 is 0 Å². The molecule has 19 heavy (non-hydrogen) atoms.